The van der Waals surface area contributed by atoms with Crippen LogP contribution in [-0.2, 0) is 0 Å². The van der Waals surface area contributed by atoms with Crippen molar-refractivity contribution < 1.29 is 13.2 Å². The second-order valence-corrected chi connectivity index (χ2v) is 2.09. The van der Waals surface area contributed by atoms with Gasteiger partial charge in [0.25, 0.3) is 0 Å². The molecule has 1 unspecified atom stereocenters. The molecular formula is C5H7F3N2. The minimum Gasteiger partial charge on any atom is -0.363 e. The number of nitrogens with one attached hydrogen (secondary N) is 1. The van der Waals surface area contributed by atoms with Crippen LogP contribution in [0.15, 0.2) is 12.4 Å². The monoisotopic (exact) mass is 152 g/mol. The first-order valence-corrected chi connectivity index (χ1v) is 2.73. The summed E-state index contributed by atoms with van der Waals surface area (Å²) >= 11 is 0. The van der Waals surface area contributed by atoms with E-state index in [9.17, 15) is 13.2 Å². The van der Waals surface area contributed by atoms with Crippen LogP contribution in [0.4, 0.5) is 13.2 Å². The lowest BCUT2D eigenvalue weighted by molar-refractivity contribution is -0.175. The Labute approximate surface area is 56.3 Å². The Morgan fingerprint density at radius 2 is 2.10 bits per heavy atom. The lowest BCUT2D eigenvalue weighted by Crippen LogP contribution is -2.45. The first-order chi connectivity index (χ1) is 4.52. The van der Waals surface area contributed by atoms with Crippen molar-refractivity contribution in [1.29, 1.82) is 0 Å². The highest BCUT2D eigenvalue weighted by Gasteiger charge is 2.42. The van der Waals surface area contributed by atoms with E-state index in [2.05, 4.69) is 5.32 Å². The van der Waals surface area contributed by atoms with Crippen LogP contribution in [-0.4, -0.2) is 24.3 Å². The Morgan fingerprint density at radius 1 is 1.50 bits per heavy atom. The molecular weight excluding hydrogens is 145 g/mol. The third kappa shape index (κ3) is 1.17. The van der Waals surface area contributed by atoms with Gasteiger partial charge in [0.2, 0.25) is 0 Å². The molecule has 0 aromatic rings. The van der Waals surface area contributed by atoms with Crippen LogP contribution in [0.5, 0.6) is 0 Å². The second kappa shape index (κ2) is 2.07. The van der Waals surface area contributed by atoms with E-state index in [1.54, 1.807) is 0 Å². The van der Waals surface area contributed by atoms with Gasteiger partial charge in [0.05, 0.1) is 0 Å². The normalized spacial score (nSPS) is 25.2. The molecule has 0 radical (unpaired) electrons. The Morgan fingerprint density at radius 3 is 2.30 bits per heavy atom. The smallest absolute Gasteiger partial charge is 0.363 e. The quantitative estimate of drug-likeness (QED) is 0.554. The van der Waals surface area contributed by atoms with E-state index in [0.717, 1.165) is 4.90 Å². The fourth-order valence-corrected chi connectivity index (χ4v) is 0.781. The Hall–Kier alpha value is -0.870. The van der Waals surface area contributed by atoms with Gasteiger partial charge in [-0.3, -0.25) is 0 Å². The molecule has 1 aliphatic rings. The summed E-state index contributed by atoms with van der Waals surface area (Å²) in [6.45, 7) is 0. The molecule has 2 nitrogen and oxygen atoms in total. The maximum absolute atomic E-state index is 11.9. The number of rotatable bonds is 0. The van der Waals surface area contributed by atoms with Crippen molar-refractivity contribution in [2.45, 2.75) is 12.3 Å². The van der Waals surface area contributed by atoms with Crippen molar-refractivity contribution in [2.24, 2.45) is 0 Å². The van der Waals surface area contributed by atoms with Crippen LogP contribution in [0.3, 0.4) is 0 Å². The van der Waals surface area contributed by atoms with Crippen LogP contribution >= 0.6 is 0 Å². The van der Waals surface area contributed by atoms with Gasteiger partial charge in [0.15, 0.2) is 6.17 Å². The predicted molar refractivity (Wildman–Crippen MR) is 29.9 cm³/mol. The van der Waals surface area contributed by atoms with Crippen molar-refractivity contribution >= 4 is 0 Å². The average molecular weight is 152 g/mol. The molecule has 0 bridgehead atoms. The highest BCUT2D eigenvalue weighted by atomic mass is 19.4. The van der Waals surface area contributed by atoms with Crippen molar-refractivity contribution in [1.82, 2.24) is 10.2 Å². The van der Waals surface area contributed by atoms with E-state index in [1.807, 2.05) is 0 Å². The van der Waals surface area contributed by atoms with E-state index >= 15 is 0 Å². The molecule has 0 amide bonds. The molecule has 1 N–H and O–H groups in total. The molecule has 0 spiro atoms. The van der Waals surface area contributed by atoms with Gasteiger partial charge < -0.3 is 10.2 Å². The molecule has 0 fully saturated rings. The standard InChI is InChI=1S/C5H7F3N2/c1-10-3-2-9-4(10)5(6,7)8/h2-4,9H,1H3. The lowest BCUT2D eigenvalue weighted by Gasteiger charge is -2.23. The topological polar surface area (TPSA) is 15.3 Å². The SMILES string of the molecule is CN1C=CNC1C(F)(F)F. The Bertz CT molecular complexity index is 151. The average Bonchev–Trinajstić information content (AvgIpc) is 2.11. The summed E-state index contributed by atoms with van der Waals surface area (Å²) in [7, 11) is 1.37. The van der Waals surface area contributed by atoms with E-state index in [4.69, 9.17) is 0 Å². The number of alkyl halides is 3. The third-order valence-corrected chi connectivity index (χ3v) is 1.28. The van der Waals surface area contributed by atoms with Gasteiger partial charge in [-0.15, -0.1) is 0 Å². The lowest BCUT2D eigenvalue weighted by atomic mass is 10.5. The summed E-state index contributed by atoms with van der Waals surface area (Å²) in [5.74, 6) is 0. The second-order valence-electron chi connectivity index (χ2n) is 2.09. The minimum absolute atomic E-state index is 1.07. The minimum atomic E-state index is -4.20. The van der Waals surface area contributed by atoms with E-state index < -0.39 is 12.3 Å². The van der Waals surface area contributed by atoms with Gasteiger partial charge >= 0.3 is 6.18 Å². The van der Waals surface area contributed by atoms with E-state index in [0.29, 0.717) is 0 Å². The highest BCUT2D eigenvalue weighted by Crippen LogP contribution is 2.24. The van der Waals surface area contributed by atoms with Crippen molar-refractivity contribution in [3.63, 3.8) is 0 Å². The van der Waals surface area contributed by atoms with Gasteiger partial charge in [-0.1, -0.05) is 0 Å². The maximum Gasteiger partial charge on any atom is 0.427 e. The summed E-state index contributed by atoms with van der Waals surface area (Å²) in [6, 6.07) is 0. The van der Waals surface area contributed by atoms with Crippen molar-refractivity contribution in [3.8, 4) is 0 Å². The van der Waals surface area contributed by atoms with Gasteiger partial charge in [-0.2, -0.15) is 13.2 Å². The summed E-state index contributed by atoms with van der Waals surface area (Å²) in [5.41, 5.74) is 0. The number of nitrogens with zero attached hydrogens (tertiary/aromatic N) is 1. The largest absolute Gasteiger partial charge is 0.427 e. The van der Waals surface area contributed by atoms with E-state index in [1.165, 1.54) is 19.4 Å². The molecule has 0 saturated heterocycles. The van der Waals surface area contributed by atoms with Crippen LogP contribution in [0.25, 0.3) is 0 Å². The molecule has 1 atom stereocenters. The van der Waals surface area contributed by atoms with Crippen LogP contribution in [0.1, 0.15) is 0 Å². The molecule has 10 heavy (non-hydrogen) atoms. The first kappa shape index (κ1) is 7.24. The summed E-state index contributed by atoms with van der Waals surface area (Å²) in [5, 5.41) is 2.17. The highest BCUT2D eigenvalue weighted by molar-refractivity contribution is 4.95. The fourth-order valence-electron chi connectivity index (χ4n) is 0.781. The van der Waals surface area contributed by atoms with Crippen LogP contribution in [0.2, 0.25) is 0 Å². The van der Waals surface area contributed by atoms with E-state index in [-0.39, 0.29) is 0 Å². The van der Waals surface area contributed by atoms with Crippen LogP contribution in [0, 0.1) is 0 Å². The van der Waals surface area contributed by atoms with Crippen molar-refractivity contribution in [3.05, 3.63) is 12.4 Å². The number of hydrogen-bond acceptors (Lipinski definition) is 2. The molecule has 0 aliphatic carbocycles. The molecule has 0 aromatic heterocycles. The third-order valence-electron chi connectivity index (χ3n) is 1.28. The molecule has 1 aliphatic heterocycles. The molecule has 0 aromatic carbocycles. The van der Waals surface area contributed by atoms with Crippen molar-refractivity contribution in [2.75, 3.05) is 7.05 Å². The van der Waals surface area contributed by atoms with Gasteiger partial charge in [0.1, 0.15) is 0 Å². The fraction of sp³-hybridized carbons (Fsp3) is 0.600. The molecule has 1 heterocycles. The Kier molecular flexibility index (Phi) is 1.50. The molecule has 1 rings (SSSR count). The van der Waals surface area contributed by atoms with Gasteiger partial charge in [-0.05, 0) is 0 Å². The summed E-state index contributed by atoms with van der Waals surface area (Å²) < 4.78 is 35.6. The Balaban J connectivity index is 2.60. The van der Waals surface area contributed by atoms with Gasteiger partial charge in [0, 0.05) is 19.4 Å². The summed E-state index contributed by atoms with van der Waals surface area (Å²) in [6.07, 6.45) is -3.12. The molecule has 58 valence electrons. The van der Waals surface area contributed by atoms with Gasteiger partial charge in [-0.25, -0.2) is 0 Å². The summed E-state index contributed by atoms with van der Waals surface area (Å²) in [4.78, 5) is 1.07. The number of halogens is 3. The predicted octanol–water partition coefficient (Wildman–Crippen LogP) is 0.881. The number of hydrogen-bond donors (Lipinski definition) is 1. The zero-order chi connectivity index (χ0) is 7.78. The molecule has 0 saturated carbocycles. The maximum atomic E-state index is 11.9. The zero-order valence-electron chi connectivity index (χ0n) is 5.31. The zero-order valence-corrected chi connectivity index (χ0v) is 5.31. The first-order valence-electron chi connectivity index (χ1n) is 2.73. The molecule has 5 heteroatoms. The van der Waals surface area contributed by atoms with Crippen LogP contribution < -0.4 is 5.32 Å².